The van der Waals surface area contributed by atoms with Crippen LogP contribution in [0.3, 0.4) is 0 Å². The van der Waals surface area contributed by atoms with Gasteiger partial charge in [0.05, 0.1) is 56.9 Å². The molecule has 6 heterocycles. The first kappa shape index (κ1) is 64.2. The summed E-state index contributed by atoms with van der Waals surface area (Å²) >= 11 is 0. The van der Waals surface area contributed by atoms with Crippen molar-refractivity contribution in [3.05, 3.63) is 0 Å². The number of hydrogen-bond donors (Lipinski definition) is 14. The highest BCUT2D eigenvalue weighted by atomic mass is 16.8. The molecule has 0 aromatic rings. The van der Waals surface area contributed by atoms with Crippen molar-refractivity contribution in [1.82, 2.24) is 0 Å². The van der Waals surface area contributed by atoms with E-state index >= 15 is 0 Å². The van der Waals surface area contributed by atoms with Crippen LogP contribution in [-0.4, -0.2) is 270 Å². The predicted octanol–water partition coefficient (Wildman–Crippen LogP) is -3.04. The summed E-state index contributed by atoms with van der Waals surface area (Å²) in [5, 5.41) is 154. The van der Waals surface area contributed by atoms with Crippen LogP contribution >= 0.6 is 0 Å². The van der Waals surface area contributed by atoms with Crippen molar-refractivity contribution in [2.24, 2.45) is 50.2 Å². The van der Waals surface area contributed by atoms with E-state index in [2.05, 4.69) is 41.5 Å². The monoisotopic (exact) mass is 1210 g/mol. The predicted molar refractivity (Wildman–Crippen MR) is 282 cm³/mol. The van der Waals surface area contributed by atoms with Crippen LogP contribution < -0.4 is 0 Å². The van der Waals surface area contributed by atoms with Crippen LogP contribution in [0.1, 0.15) is 113 Å². The highest BCUT2D eigenvalue weighted by Crippen LogP contribution is 2.80. The Morgan fingerprint density at radius 2 is 1.08 bits per heavy atom. The zero-order valence-corrected chi connectivity index (χ0v) is 49.0. The van der Waals surface area contributed by atoms with Crippen molar-refractivity contribution in [3.8, 4) is 0 Å². The van der Waals surface area contributed by atoms with Crippen LogP contribution in [0.4, 0.5) is 0 Å². The van der Waals surface area contributed by atoms with Crippen LogP contribution in [0, 0.1) is 50.2 Å². The van der Waals surface area contributed by atoms with E-state index in [-0.39, 0.29) is 34.0 Å². The van der Waals surface area contributed by atoms with Gasteiger partial charge in [0.25, 0.3) is 0 Å². The van der Waals surface area contributed by atoms with Crippen LogP contribution in [0.15, 0.2) is 0 Å². The molecule has 0 aromatic carbocycles. The fourth-order valence-corrected chi connectivity index (χ4v) is 18.8. The van der Waals surface area contributed by atoms with Gasteiger partial charge in [0.2, 0.25) is 0 Å². The van der Waals surface area contributed by atoms with Crippen molar-refractivity contribution in [1.29, 1.82) is 0 Å². The molecule has 482 valence electrons. The molecule has 11 fully saturated rings. The number of aldehydes is 1. The Bertz CT molecular complexity index is 2320. The van der Waals surface area contributed by atoms with E-state index in [1.807, 2.05) is 0 Å². The minimum Gasteiger partial charge on any atom is -0.394 e. The SMILES string of the molecule is C[C@@H]1O[C@@H](O[C@H]2[C@H](O)[C@@H](O)[C@H](O[C@H]3[C@H](O[C@H]4CC[C@@]5(C)[C@H](CC[C@]6(C)[C@H]5CC[C@]57OC[C@@]8(CC[C@](C)(C=O)C[C@H]85)[C@H](O)C[C@]76C)C4(C)C)OC[C@H](O[C@@H]4O[C@H](CO)[C@@H](O[C@@H]5OC[C@@H](O)[C@H](O)[C@H]5O)[C@H](O)[C@H]4O)[C@@H]3O)O[C@@H]2CO)[C@H](O)[C@H](O)[C@H]1O. The fraction of sp³-hybridized carbons (Fsp3) is 0.983. The smallest absolute Gasteiger partial charge is 0.187 e. The Labute approximate surface area is 488 Å². The number of aliphatic hydroxyl groups is 14. The average molecular weight is 1210 g/mol. The van der Waals surface area contributed by atoms with Gasteiger partial charge in [-0.2, -0.15) is 0 Å². The van der Waals surface area contributed by atoms with Crippen molar-refractivity contribution in [2.75, 3.05) is 33.0 Å². The summed E-state index contributed by atoms with van der Waals surface area (Å²) in [6, 6.07) is 0. The third kappa shape index (κ3) is 9.88. The Morgan fingerprint density at radius 1 is 0.512 bits per heavy atom. The first-order chi connectivity index (χ1) is 39.5. The quantitative estimate of drug-likeness (QED) is 0.0644. The lowest BCUT2D eigenvalue weighted by molar-refractivity contribution is -0.394. The second-order valence-electron chi connectivity index (χ2n) is 28.6. The van der Waals surface area contributed by atoms with Gasteiger partial charge >= 0.3 is 0 Å². The molecule has 0 amide bonds. The van der Waals surface area contributed by atoms with Gasteiger partial charge in [0.15, 0.2) is 31.5 Å². The zero-order valence-electron chi connectivity index (χ0n) is 49.0. The lowest BCUT2D eigenvalue weighted by atomic mass is 9.30. The summed E-state index contributed by atoms with van der Waals surface area (Å²) in [5.74, 6) is 0.356. The highest BCUT2D eigenvalue weighted by molar-refractivity contribution is 5.59. The Balaban J connectivity index is 0.833. The zero-order chi connectivity index (χ0) is 60.8. The van der Waals surface area contributed by atoms with Gasteiger partial charge in [-0.15, -0.1) is 0 Å². The van der Waals surface area contributed by atoms with Crippen molar-refractivity contribution in [2.45, 2.75) is 272 Å². The summed E-state index contributed by atoms with van der Waals surface area (Å²) in [6.07, 6.45) is -30.9. The van der Waals surface area contributed by atoms with Gasteiger partial charge in [-0.3, -0.25) is 0 Å². The van der Waals surface area contributed by atoms with E-state index in [0.717, 1.165) is 51.2 Å². The maximum absolute atomic E-state index is 12.6. The third-order valence-electron chi connectivity index (χ3n) is 24.0. The highest BCUT2D eigenvalue weighted by Gasteiger charge is 2.80. The van der Waals surface area contributed by atoms with E-state index in [0.29, 0.717) is 25.9 Å². The average Bonchev–Trinajstić information content (AvgIpc) is 1.28. The number of carbonyl (C=O) groups excluding carboxylic acids is 1. The van der Waals surface area contributed by atoms with Crippen LogP contribution in [0.5, 0.6) is 0 Å². The lowest BCUT2D eigenvalue weighted by Gasteiger charge is -2.75. The van der Waals surface area contributed by atoms with Gasteiger partial charge in [-0.1, -0.05) is 41.5 Å². The molecule has 1 spiro atoms. The minimum absolute atomic E-state index is 0.0487. The Hall–Kier alpha value is -1.33. The molecule has 14 N–H and O–H groups in total. The topological polar surface area (TPSA) is 402 Å². The van der Waals surface area contributed by atoms with Gasteiger partial charge in [-0.05, 0) is 105 Å². The summed E-state index contributed by atoms with van der Waals surface area (Å²) in [7, 11) is 0. The normalized spacial score (nSPS) is 58.2. The molecule has 11 aliphatic rings. The third-order valence-corrected chi connectivity index (χ3v) is 24.0. The number of aliphatic hydroxyl groups excluding tert-OH is 14. The van der Waals surface area contributed by atoms with E-state index in [9.17, 15) is 76.3 Å². The maximum Gasteiger partial charge on any atom is 0.187 e. The van der Waals surface area contributed by atoms with E-state index in [4.69, 9.17) is 52.1 Å². The molecule has 0 radical (unpaired) electrons. The number of rotatable bonds is 13. The van der Waals surface area contributed by atoms with Crippen molar-refractivity contribution >= 4 is 6.29 Å². The Morgan fingerprint density at radius 3 is 1.73 bits per heavy atom. The molecule has 0 aromatic heterocycles. The molecule has 6 saturated heterocycles. The number of ether oxygens (including phenoxy) is 11. The standard InChI is InChI=1S/C58H94O26/c1-24-34(64)37(67)41(71)48(77-24)83-45-27(19-60)79-50(43(73)39(45)69)84-46-36(66)28(80-49-42(72)38(68)44(26(18-59)78-49)82-47-40(70)35(65)25(62)20-74-47)21-75-51(46)81-33-10-11-54(5)29(52(33,2)3)8-12-55(6)30(54)9-13-58-31-16-53(4,22-61)14-15-57(31,23-76-58)32(63)17-56(55,58)7/h22,24-51,59-60,62-73H,8-21,23H2,1-7H3/t24-,25+,26+,27+,28-,29+,30-,31+,32+,33-,34-,35-,36-,37+,38+,39+,40+,41+,42+,43+,44+,45+,46+,47-,48-,49-,50-,51-,53-,54-,55+,56-,57+,58-/m0/s1. The van der Waals surface area contributed by atoms with E-state index in [1.165, 1.54) is 6.92 Å². The number of fused-ring (bicyclic) bond motifs is 4. The van der Waals surface area contributed by atoms with Crippen molar-refractivity contribution in [3.63, 3.8) is 0 Å². The molecule has 34 atom stereocenters. The van der Waals surface area contributed by atoms with Gasteiger partial charge in [0.1, 0.15) is 110 Å². The molecule has 26 nitrogen and oxygen atoms in total. The van der Waals surface area contributed by atoms with Crippen molar-refractivity contribution < 1.29 is 128 Å². The maximum atomic E-state index is 12.6. The van der Waals surface area contributed by atoms with Crippen LogP contribution in [0.25, 0.3) is 0 Å². The Kier molecular flexibility index (Phi) is 17.7. The second kappa shape index (κ2) is 23.1. The molecule has 11 rings (SSSR count). The van der Waals surface area contributed by atoms with Gasteiger partial charge in [-0.25, -0.2) is 0 Å². The summed E-state index contributed by atoms with van der Waals surface area (Å²) < 4.78 is 67.6. The molecule has 0 unspecified atom stereocenters. The van der Waals surface area contributed by atoms with Crippen LogP contribution in [0.2, 0.25) is 0 Å². The summed E-state index contributed by atoms with van der Waals surface area (Å²) in [5.41, 5.74) is -2.79. The first-order valence-electron chi connectivity index (χ1n) is 30.5. The molecule has 26 heteroatoms. The molecule has 6 aliphatic heterocycles. The lowest BCUT2D eigenvalue weighted by Crippen LogP contribution is -2.74. The first-order valence-corrected chi connectivity index (χ1v) is 30.5. The summed E-state index contributed by atoms with van der Waals surface area (Å²) in [6.45, 7) is 12.9. The molecule has 84 heavy (non-hydrogen) atoms. The minimum atomic E-state index is -2.01. The van der Waals surface area contributed by atoms with Gasteiger partial charge in [0, 0.05) is 16.2 Å². The second-order valence-corrected chi connectivity index (χ2v) is 28.6. The van der Waals surface area contributed by atoms with Crippen LogP contribution in [-0.2, 0) is 56.9 Å². The molecule has 2 bridgehead atoms. The molecule has 5 aliphatic carbocycles. The molecular formula is C58H94O26. The largest absolute Gasteiger partial charge is 0.394 e. The van der Waals surface area contributed by atoms with Gasteiger partial charge < -0.3 is 128 Å². The molecule has 5 saturated carbocycles. The number of hydrogen-bond acceptors (Lipinski definition) is 26. The van der Waals surface area contributed by atoms with E-state index in [1.54, 1.807) is 0 Å². The number of carbonyl (C=O) groups is 1. The summed E-state index contributed by atoms with van der Waals surface area (Å²) in [4.78, 5) is 12.6. The van der Waals surface area contributed by atoms with E-state index < -0.39 is 202 Å². The molecular weight excluding hydrogens is 1110 g/mol. The fourth-order valence-electron chi connectivity index (χ4n) is 18.8.